The van der Waals surface area contributed by atoms with Crippen LogP contribution in [0.3, 0.4) is 0 Å². The highest BCUT2D eigenvalue weighted by Crippen LogP contribution is 2.27. The van der Waals surface area contributed by atoms with Gasteiger partial charge in [-0.15, -0.1) is 0 Å². The minimum absolute atomic E-state index is 0.239. The smallest absolute Gasteiger partial charge is 0.241 e. The summed E-state index contributed by atoms with van der Waals surface area (Å²) in [4.78, 5) is 0.239. The predicted octanol–water partition coefficient (Wildman–Crippen LogP) is 3.54. The Bertz CT molecular complexity index is 597. The van der Waals surface area contributed by atoms with Gasteiger partial charge in [0.2, 0.25) is 10.0 Å². The van der Waals surface area contributed by atoms with Crippen molar-refractivity contribution < 1.29 is 8.42 Å². The second-order valence-electron chi connectivity index (χ2n) is 5.68. The number of rotatable bonds is 4. The van der Waals surface area contributed by atoms with Crippen molar-refractivity contribution in [3.63, 3.8) is 0 Å². The lowest BCUT2D eigenvalue weighted by atomic mass is 9.92. The van der Waals surface area contributed by atoms with Crippen LogP contribution in [0.4, 0.5) is 0 Å². The Morgan fingerprint density at radius 3 is 2.33 bits per heavy atom. The Morgan fingerprint density at radius 2 is 1.76 bits per heavy atom. The first-order valence-corrected chi connectivity index (χ1v) is 10.1. The molecule has 0 atom stereocenters. The van der Waals surface area contributed by atoms with Crippen LogP contribution in [0.2, 0.25) is 0 Å². The molecule has 1 aromatic carbocycles. The van der Waals surface area contributed by atoms with Gasteiger partial charge in [0.1, 0.15) is 0 Å². The summed E-state index contributed by atoms with van der Waals surface area (Å²) in [6, 6.07) is 5.01. The van der Waals surface area contributed by atoms with E-state index in [-0.39, 0.29) is 11.4 Å². The zero-order valence-corrected chi connectivity index (χ0v) is 15.7. The molecule has 4 nitrogen and oxygen atoms in total. The summed E-state index contributed by atoms with van der Waals surface area (Å²) in [5.74, 6) is 0. The molecule has 1 aliphatic rings. The second kappa shape index (κ2) is 7.08. The maximum absolute atomic E-state index is 12.4. The zero-order valence-electron chi connectivity index (χ0n) is 11.7. The van der Waals surface area contributed by atoms with Crippen LogP contribution in [0.25, 0.3) is 0 Å². The largest absolute Gasteiger partial charge is 0.324 e. The van der Waals surface area contributed by atoms with Gasteiger partial charge in [-0.25, -0.2) is 13.1 Å². The predicted molar refractivity (Wildman–Crippen MR) is 91.7 cm³/mol. The van der Waals surface area contributed by atoms with E-state index in [0.29, 0.717) is 4.47 Å². The summed E-state index contributed by atoms with van der Waals surface area (Å²) >= 11 is 6.61. The molecule has 2 rings (SSSR count). The molecular formula is C14H20Br2N2O2S. The quantitative estimate of drug-likeness (QED) is 0.704. The third-order valence-electron chi connectivity index (χ3n) is 3.90. The van der Waals surface area contributed by atoms with Crippen molar-refractivity contribution in [2.24, 2.45) is 5.73 Å². The van der Waals surface area contributed by atoms with Gasteiger partial charge in [-0.2, -0.15) is 0 Å². The van der Waals surface area contributed by atoms with Crippen LogP contribution in [0.5, 0.6) is 0 Å². The molecule has 0 aliphatic heterocycles. The Kier molecular flexibility index (Phi) is 5.87. The molecule has 1 aliphatic carbocycles. The molecule has 0 spiro atoms. The number of nitrogens with two attached hydrogens (primary N) is 1. The topological polar surface area (TPSA) is 72.2 Å². The monoisotopic (exact) mass is 438 g/mol. The third kappa shape index (κ3) is 4.76. The molecule has 3 N–H and O–H groups in total. The fraction of sp³-hybridized carbons (Fsp3) is 0.571. The van der Waals surface area contributed by atoms with Crippen LogP contribution in [0, 0.1) is 0 Å². The summed E-state index contributed by atoms with van der Waals surface area (Å²) in [6.45, 7) is 0.290. The molecule has 0 heterocycles. The SMILES string of the molecule is NC1(CNS(=O)(=O)c2ccc(Br)cc2Br)CCCCCC1. The van der Waals surface area contributed by atoms with E-state index in [1.54, 1.807) is 18.2 Å². The number of benzene rings is 1. The number of halogens is 2. The Morgan fingerprint density at radius 1 is 1.14 bits per heavy atom. The van der Waals surface area contributed by atoms with Crippen molar-refractivity contribution >= 4 is 41.9 Å². The molecule has 0 amide bonds. The van der Waals surface area contributed by atoms with Gasteiger partial charge in [0.25, 0.3) is 0 Å². The highest BCUT2D eigenvalue weighted by atomic mass is 79.9. The molecule has 118 valence electrons. The van der Waals surface area contributed by atoms with E-state index in [1.807, 2.05) is 0 Å². The number of sulfonamides is 1. The van der Waals surface area contributed by atoms with Crippen LogP contribution < -0.4 is 10.5 Å². The second-order valence-corrected chi connectivity index (χ2v) is 9.18. The van der Waals surface area contributed by atoms with Crippen molar-refractivity contribution in [2.75, 3.05) is 6.54 Å². The number of nitrogens with one attached hydrogen (secondary N) is 1. The van der Waals surface area contributed by atoms with Gasteiger partial charge in [0, 0.05) is 21.0 Å². The molecule has 7 heteroatoms. The van der Waals surface area contributed by atoms with Gasteiger partial charge in [0.15, 0.2) is 0 Å². The normalized spacial score (nSPS) is 19.2. The molecule has 1 aromatic rings. The van der Waals surface area contributed by atoms with E-state index >= 15 is 0 Å². The minimum Gasteiger partial charge on any atom is -0.324 e. The lowest BCUT2D eigenvalue weighted by Gasteiger charge is -2.28. The standard InChI is InChI=1S/C14H20Br2N2O2S/c15-11-5-6-13(12(16)9-11)21(19,20)18-10-14(17)7-3-1-2-4-8-14/h5-6,9,18H,1-4,7-8,10,17H2. The van der Waals surface area contributed by atoms with Crippen molar-refractivity contribution in [3.05, 3.63) is 27.1 Å². The van der Waals surface area contributed by atoms with E-state index in [4.69, 9.17) is 5.73 Å². The minimum atomic E-state index is -3.55. The van der Waals surface area contributed by atoms with Crippen molar-refractivity contribution in [1.29, 1.82) is 0 Å². The first-order valence-electron chi connectivity index (χ1n) is 7.06. The van der Waals surface area contributed by atoms with Gasteiger partial charge < -0.3 is 5.73 Å². The average Bonchev–Trinajstić information content (AvgIpc) is 2.62. The summed E-state index contributed by atoms with van der Waals surface area (Å²) in [6.07, 6.45) is 6.25. The Labute approximate surface area is 143 Å². The highest BCUT2D eigenvalue weighted by molar-refractivity contribution is 9.11. The maximum atomic E-state index is 12.4. The van der Waals surface area contributed by atoms with Crippen LogP contribution in [0.1, 0.15) is 38.5 Å². The molecule has 0 saturated heterocycles. The Hall–Kier alpha value is 0.0500. The van der Waals surface area contributed by atoms with Gasteiger partial charge >= 0.3 is 0 Å². The summed E-state index contributed by atoms with van der Waals surface area (Å²) < 4.78 is 28.9. The molecule has 0 radical (unpaired) electrons. The summed E-state index contributed by atoms with van der Waals surface area (Å²) in [7, 11) is -3.55. The number of hydrogen-bond donors (Lipinski definition) is 2. The van der Waals surface area contributed by atoms with Gasteiger partial charge in [0.05, 0.1) is 4.90 Å². The molecule has 1 fully saturated rings. The van der Waals surface area contributed by atoms with E-state index in [0.717, 1.165) is 30.2 Å². The fourth-order valence-electron chi connectivity index (χ4n) is 2.62. The molecule has 21 heavy (non-hydrogen) atoms. The molecule has 0 bridgehead atoms. The average molecular weight is 440 g/mol. The molecule has 1 saturated carbocycles. The van der Waals surface area contributed by atoms with Crippen LogP contribution in [0.15, 0.2) is 32.0 Å². The number of hydrogen-bond acceptors (Lipinski definition) is 3. The lowest BCUT2D eigenvalue weighted by molar-refractivity contribution is 0.369. The van der Waals surface area contributed by atoms with E-state index in [9.17, 15) is 8.42 Å². The first-order chi connectivity index (χ1) is 9.82. The first kappa shape index (κ1) is 17.4. The molecule has 0 unspecified atom stereocenters. The maximum Gasteiger partial charge on any atom is 0.241 e. The fourth-order valence-corrected chi connectivity index (χ4v) is 5.50. The highest BCUT2D eigenvalue weighted by Gasteiger charge is 2.29. The van der Waals surface area contributed by atoms with E-state index in [2.05, 4.69) is 36.6 Å². The van der Waals surface area contributed by atoms with E-state index in [1.165, 1.54) is 12.8 Å². The van der Waals surface area contributed by atoms with Crippen molar-refractivity contribution in [1.82, 2.24) is 4.72 Å². The van der Waals surface area contributed by atoms with Gasteiger partial charge in [-0.05, 0) is 47.0 Å². The lowest BCUT2D eigenvalue weighted by Crippen LogP contribution is -2.49. The van der Waals surface area contributed by atoms with Crippen LogP contribution in [-0.4, -0.2) is 20.5 Å². The van der Waals surface area contributed by atoms with Crippen LogP contribution >= 0.6 is 31.9 Å². The molecule has 0 aromatic heterocycles. The summed E-state index contributed by atoms with van der Waals surface area (Å²) in [5, 5.41) is 0. The summed E-state index contributed by atoms with van der Waals surface area (Å²) in [5.41, 5.74) is 5.94. The van der Waals surface area contributed by atoms with Crippen molar-refractivity contribution in [3.8, 4) is 0 Å². The zero-order chi connectivity index (χ0) is 15.5. The van der Waals surface area contributed by atoms with E-state index < -0.39 is 15.6 Å². The Balaban J connectivity index is 2.10. The van der Waals surface area contributed by atoms with Crippen molar-refractivity contribution in [2.45, 2.75) is 49.0 Å². The van der Waals surface area contributed by atoms with Crippen LogP contribution in [-0.2, 0) is 10.0 Å². The van der Waals surface area contributed by atoms with Gasteiger partial charge in [-0.1, -0.05) is 41.6 Å². The third-order valence-corrected chi connectivity index (χ3v) is 6.77. The molecular weight excluding hydrogens is 420 g/mol. The van der Waals surface area contributed by atoms with Gasteiger partial charge in [-0.3, -0.25) is 0 Å².